The molecule has 3 aromatic carbocycles. The van der Waals surface area contributed by atoms with E-state index in [0.717, 1.165) is 12.3 Å². The van der Waals surface area contributed by atoms with Crippen LogP contribution >= 0.6 is 0 Å². The number of aromatic nitrogens is 1. The van der Waals surface area contributed by atoms with Crippen LogP contribution < -0.4 is 16.0 Å². The van der Waals surface area contributed by atoms with E-state index in [1.54, 1.807) is 25.1 Å². The standard InChI is InChI=1S/C32H32F3N5O3S/c1-2-30(41)40(22-10-8-21(33)9-11-22)29-15-14-27(34)32(36)31(29)26-19-38-20-28(35)25(26)13-12-23-18-37-16-17-39(23)44(42,43)24-6-4-3-5-7-24/h3-11,14-15,19-20,23,37H,2,12-13,16-18,36H2,1H3/t23-/m1/s1. The summed E-state index contributed by atoms with van der Waals surface area (Å²) >= 11 is 0. The van der Waals surface area contributed by atoms with Gasteiger partial charge in [-0.3, -0.25) is 14.7 Å². The Balaban J connectivity index is 1.56. The molecule has 3 N–H and O–H groups in total. The lowest BCUT2D eigenvalue weighted by atomic mass is 9.93. The summed E-state index contributed by atoms with van der Waals surface area (Å²) in [4.78, 5) is 18.7. The average Bonchev–Trinajstić information content (AvgIpc) is 3.03. The number of nitrogens with two attached hydrogens (primary N) is 1. The molecule has 4 aromatic rings. The molecule has 230 valence electrons. The predicted molar refractivity (Wildman–Crippen MR) is 163 cm³/mol. The molecule has 0 aliphatic carbocycles. The molecule has 1 aromatic heterocycles. The first-order valence-corrected chi connectivity index (χ1v) is 15.6. The normalized spacial score (nSPS) is 15.7. The number of sulfonamides is 1. The molecule has 0 radical (unpaired) electrons. The van der Waals surface area contributed by atoms with Crippen LogP contribution in [0.4, 0.5) is 30.2 Å². The first-order chi connectivity index (χ1) is 21.1. The SMILES string of the molecule is CCC(=O)N(c1ccc(F)cc1)c1ccc(F)c(N)c1-c1cncc(F)c1CC[C@@H]1CNCCN1S(=O)(=O)c1ccccc1. The number of hydrogen-bond acceptors (Lipinski definition) is 6. The van der Waals surface area contributed by atoms with Gasteiger partial charge in [0.15, 0.2) is 0 Å². The smallest absolute Gasteiger partial charge is 0.243 e. The fourth-order valence-electron chi connectivity index (χ4n) is 5.49. The molecule has 8 nitrogen and oxygen atoms in total. The van der Waals surface area contributed by atoms with Gasteiger partial charge in [0.1, 0.15) is 17.5 Å². The molecule has 12 heteroatoms. The highest BCUT2D eigenvalue weighted by molar-refractivity contribution is 7.89. The van der Waals surface area contributed by atoms with E-state index in [1.165, 1.54) is 57.9 Å². The molecule has 1 aliphatic heterocycles. The summed E-state index contributed by atoms with van der Waals surface area (Å²) in [6, 6.07) is 15.3. The van der Waals surface area contributed by atoms with Gasteiger partial charge in [0, 0.05) is 55.1 Å². The van der Waals surface area contributed by atoms with Crippen molar-refractivity contribution >= 4 is 33.0 Å². The summed E-state index contributed by atoms with van der Waals surface area (Å²) in [5.41, 5.74) is 6.79. The van der Waals surface area contributed by atoms with Gasteiger partial charge in [-0.15, -0.1) is 0 Å². The van der Waals surface area contributed by atoms with Crippen molar-refractivity contribution in [1.29, 1.82) is 0 Å². The van der Waals surface area contributed by atoms with Crippen molar-refractivity contribution in [1.82, 2.24) is 14.6 Å². The third kappa shape index (κ3) is 6.19. The maximum absolute atomic E-state index is 15.6. The minimum atomic E-state index is -3.82. The summed E-state index contributed by atoms with van der Waals surface area (Å²) in [7, 11) is -3.82. The van der Waals surface area contributed by atoms with Gasteiger partial charge in [0.25, 0.3) is 0 Å². The van der Waals surface area contributed by atoms with E-state index in [1.807, 2.05) is 0 Å². The molecular formula is C32H32F3N5O3S. The second kappa shape index (κ2) is 13.2. The van der Waals surface area contributed by atoms with E-state index in [9.17, 15) is 17.6 Å². The molecule has 0 spiro atoms. The first kappa shape index (κ1) is 31.2. The van der Waals surface area contributed by atoms with Crippen LogP contribution in [0.3, 0.4) is 0 Å². The van der Waals surface area contributed by atoms with Crippen molar-refractivity contribution in [2.24, 2.45) is 0 Å². The van der Waals surface area contributed by atoms with Gasteiger partial charge in [0.05, 0.1) is 22.5 Å². The number of carbonyl (C=O) groups is 1. The largest absolute Gasteiger partial charge is 0.396 e. The third-order valence-corrected chi connectivity index (χ3v) is 9.66. The Morgan fingerprint density at radius 1 is 1.02 bits per heavy atom. The van der Waals surface area contributed by atoms with E-state index in [4.69, 9.17) is 5.73 Å². The molecule has 44 heavy (non-hydrogen) atoms. The quantitative estimate of drug-likeness (QED) is 0.241. The zero-order chi connectivity index (χ0) is 31.4. The lowest BCUT2D eigenvalue weighted by Gasteiger charge is -2.35. The summed E-state index contributed by atoms with van der Waals surface area (Å²) in [6.45, 7) is 2.70. The monoisotopic (exact) mass is 623 g/mol. The average molecular weight is 624 g/mol. The second-order valence-electron chi connectivity index (χ2n) is 10.4. The lowest BCUT2D eigenvalue weighted by Crippen LogP contribution is -2.53. The van der Waals surface area contributed by atoms with Crippen LogP contribution in [0.2, 0.25) is 0 Å². The van der Waals surface area contributed by atoms with Crippen molar-refractivity contribution in [3.8, 4) is 11.1 Å². The minimum absolute atomic E-state index is 0.0497. The molecular weight excluding hydrogens is 591 g/mol. The van der Waals surface area contributed by atoms with E-state index in [2.05, 4.69) is 10.3 Å². The van der Waals surface area contributed by atoms with E-state index >= 15 is 8.78 Å². The van der Waals surface area contributed by atoms with Crippen LogP contribution in [0, 0.1) is 17.5 Å². The van der Waals surface area contributed by atoms with Crippen LogP contribution in [-0.2, 0) is 21.2 Å². The number of rotatable bonds is 9. The maximum atomic E-state index is 15.6. The Hall–Kier alpha value is -4.26. The molecule has 0 bridgehead atoms. The van der Waals surface area contributed by atoms with Crippen LogP contribution in [0.25, 0.3) is 11.1 Å². The van der Waals surface area contributed by atoms with Crippen molar-refractivity contribution in [2.45, 2.75) is 37.1 Å². The number of pyridine rings is 1. The van der Waals surface area contributed by atoms with Gasteiger partial charge in [0.2, 0.25) is 15.9 Å². The predicted octanol–water partition coefficient (Wildman–Crippen LogP) is 5.42. The summed E-state index contributed by atoms with van der Waals surface area (Å²) < 4.78 is 72.8. The van der Waals surface area contributed by atoms with Crippen molar-refractivity contribution in [3.05, 3.63) is 102 Å². The number of anilines is 3. The fraction of sp³-hybridized carbons (Fsp3) is 0.250. The van der Waals surface area contributed by atoms with Crippen molar-refractivity contribution in [3.63, 3.8) is 0 Å². The molecule has 1 aliphatic rings. The van der Waals surface area contributed by atoms with Crippen LogP contribution in [0.5, 0.6) is 0 Å². The highest BCUT2D eigenvalue weighted by Crippen LogP contribution is 2.43. The Morgan fingerprint density at radius 3 is 2.45 bits per heavy atom. The third-order valence-electron chi connectivity index (χ3n) is 7.70. The minimum Gasteiger partial charge on any atom is -0.396 e. The number of nitrogens with one attached hydrogen (secondary N) is 1. The highest BCUT2D eigenvalue weighted by Gasteiger charge is 2.34. The Morgan fingerprint density at radius 2 is 1.75 bits per heavy atom. The van der Waals surface area contributed by atoms with E-state index in [-0.39, 0.29) is 64.7 Å². The van der Waals surface area contributed by atoms with Gasteiger partial charge < -0.3 is 11.1 Å². The molecule has 1 saturated heterocycles. The van der Waals surface area contributed by atoms with Crippen molar-refractivity contribution < 1.29 is 26.4 Å². The van der Waals surface area contributed by atoms with Gasteiger partial charge in [-0.1, -0.05) is 25.1 Å². The van der Waals surface area contributed by atoms with Crippen LogP contribution in [0.15, 0.2) is 84.0 Å². The zero-order valence-corrected chi connectivity index (χ0v) is 24.8. The first-order valence-electron chi connectivity index (χ1n) is 14.2. The number of nitrogen functional groups attached to an aromatic ring is 1. The number of hydrogen-bond donors (Lipinski definition) is 2. The number of piperazine rings is 1. The van der Waals surface area contributed by atoms with Gasteiger partial charge in [-0.05, 0) is 66.9 Å². The van der Waals surface area contributed by atoms with Gasteiger partial charge >= 0.3 is 0 Å². The number of benzene rings is 3. The number of carbonyl (C=O) groups excluding carboxylic acids is 1. The molecule has 0 unspecified atom stereocenters. The molecule has 5 rings (SSSR count). The van der Waals surface area contributed by atoms with E-state index in [0.29, 0.717) is 18.8 Å². The van der Waals surface area contributed by atoms with Crippen LogP contribution in [-0.4, -0.2) is 49.3 Å². The number of nitrogens with zero attached hydrogens (tertiary/aromatic N) is 3. The van der Waals surface area contributed by atoms with Crippen molar-refractivity contribution in [2.75, 3.05) is 30.3 Å². The topological polar surface area (TPSA) is 109 Å². The summed E-state index contributed by atoms with van der Waals surface area (Å²) in [6.07, 6.45) is 2.73. The summed E-state index contributed by atoms with van der Waals surface area (Å²) in [5.74, 6) is -2.36. The maximum Gasteiger partial charge on any atom is 0.243 e. The molecule has 2 heterocycles. The molecule has 1 amide bonds. The Bertz CT molecular complexity index is 1760. The second-order valence-corrected chi connectivity index (χ2v) is 12.3. The zero-order valence-electron chi connectivity index (χ0n) is 24.0. The van der Waals surface area contributed by atoms with E-state index < -0.39 is 33.5 Å². The number of halogens is 3. The molecule has 1 fully saturated rings. The Labute approximate surface area is 254 Å². The Kier molecular flexibility index (Phi) is 9.33. The molecule has 0 saturated carbocycles. The van der Waals surface area contributed by atoms with Gasteiger partial charge in [-0.25, -0.2) is 21.6 Å². The lowest BCUT2D eigenvalue weighted by molar-refractivity contribution is -0.117. The highest BCUT2D eigenvalue weighted by atomic mass is 32.2. The molecule has 1 atom stereocenters. The number of amides is 1. The van der Waals surface area contributed by atoms with Gasteiger partial charge in [-0.2, -0.15) is 4.31 Å². The van der Waals surface area contributed by atoms with Crippen LogP contribution in [0.1, 0.15) is 25.3 Å². The fourth-order valence-corrected chi connectivity index (χ4v) is 7.17. The summed E-state index contributed by atoms with van der Waals surface area (Å²) in [5, 5.41) is 3.21.